The maximum Gasteiger partial charge on any atom is 0.207 e. The Balaban J connectivity index is 1.54. The van der Waals surface area contributed by atoms with E-state index in [1.165, 1.54) is 16.0 Å². The molecule has 162 valence electrons. The highest BCUT2D eigenvalue weighted by Gasteiger charge is 2.32. The number of hydrogen-bond donors (Lipinski definition) is 0. The molecule has 5 nitrogen and oxygen atoms in total. The Kier molecular flexibility index (Phi) is 5.68. The monoisotopic (exact) mass is 461 g/mol. The van der Waals surface area contributed by atoms with Crippen LogP contribution in [0.25, 0.3) is 11.3 Å². The molecule has 0 amide bonds. The molecule has 0 radical (unpaired) electrons. The molecular weight excluding hydrogens is 438 g/mol. The van der Waals surface area contributed by atoms with Crippen molar-refractivity contribution in [1.29, 1.82) is 0 Å². The fourth-order valence-corrected chi connectivity index (χ4v) is 5.38. The summed E-state index contributed by atoms with van der Waals surface area (Å²) in [6.45, 7) is 2.11. The Hall–Kier alpha value is -3.16. The summed E-state index contributed by atoms with van der Waals surface area (Å²) in [6, 6.07) is 18.8. The molecular formula is C25H23N3O2S2. The molecule has 0 saturated heterocycles. The van der Waals surface area contributed by atoms with Gasteiger partial charge >= 0.3 is 0 Å². The lowest BCUT2D eigenvalue weighted by atomic mass is 10.0. The van der Waals surface area contributed by atoms with Crippen molar-refractivity contribution in [3.8, 4) is 22.8 Å². The summed E-state index contributed by atoms with van der Waals surface area (Å²) < 4.78 is 11.0. The summed E-state index contributed by atoms with van der Waals surface area (Å²) >= 11 is 3.31. The van der Waals surface area contributed by atoms with Gasteiger partial charge in [0, 0.05) is 17.4 Å². The minimum Gasteiger partial charge on any atom is -0.497 e. The van der Waals surface area contributed by atoms with Gasteiger partial charge in [0.1, 0.15) is 11.5 Å². The van der Waals surface area contributed by atoms with Gasteiger partial charge in [0.05, 0.1) is 36.5 Å². The normalized spacial score (nSPS) is 15.7. The summed E-state index contributed by atoms with van der Waals surface area (Å²) in [7, 11) is 3.33. The fraction of sp³-hybridized carbons (Fsp3) is 0.200. The number of thiazole rings is 1. The molecule has 5 rings (SSSR count). The highest BCUT2D eigenvalue weighted by molar-refractivity contribution is 7.14. The largest absolute Gasteiger partial charge is 0.497 e. The molecule has 0 bridgehead atoms. The van der Waals surface area contributed by atoms with Crippen molar-refractivity contribution >= 4 is 33.5 Å². The van der Waals surface area contributed by atoms with Gasteiger partial charge in [0.2, 0.25) is 5.13 Å². The Morgan fingerprint density at radius 1 is 1.00 bits per heavy atom. The second kappa shape index (κ2) is 8.76. The number of benzene rings is 2. The molecule has 0 unspecified atom stereocenters. The van der Waals surface area contributed by atoms with Crippen LogP contribution in [-0.2, 0) is 0 Å². The number of anilines is 1. The Bertz CT molecular complexity index is 1250. The number of thiophene rings is 1. The summed E-state index contributed by atoms with van der Waals surface area (Å²) in [5.74, 6) is 1.54. The van der Waals surface area contributed by atoms with Gasteiger partial charge < -0.3 is 9.47 Å². The number of nitrogens with zero attached hydrogens (tertiary/aromatic N) is 3. The van der Waals surface area contributed by atoms with Crippen molar-refractivity contribution in [3.63, 3.8) is 0 Å². The number of methoxy groups -OCH3 is 2. The predicted molar refractivity (Wildman–Crippen MR) is 133 cm³/mol. The standard InChI is InChI=1S/C25H23N3O2S2/c1-16-6-8-17(9-7-16)22-14-20(24-5-4-12-31-24)27-28(22)25-26-21(15-32-25)19-13-18(29-2)10-11-23(19)30-3/h4-13,15,22H,14H2,1-3H3/t22-/m1/s1. The minimum atomic E-state index is 0.110. The van der Waals surface area contributed by atoms with Gasteiger partial charge in [-0.1, -0.05) is 35.9 Å². The average Bonchev–Trinajstić information content (AvgIpc) is 3.59. The van der Waals surface area contributed by atoms with Gasteiger partial charge in [-0.25, -0.2) is 9.99 Å². The molecule has 0 spiro atoms. The minimum absolute atomic E-state index is 0.110. The van der Waals surface area contributed by atoms with Gasteiger partial charge in [-0.2, -0.15) is 5.10 Å². The van der Waals surface area contributed by atoms with E-state index in [4.69, 9.17) is 19.6 Å². The third kappa shape index (κ3) is 3.89. The van der Waals surface area contributed by atoms with E-state index in [2.05, 4.69) is 59.1 Å². The maximum atomic E-state index is 5.57. The van der Waals surface area contributed by atoms with E-state index in [0.29, 0.717) is 0 Å². The quantitative estimate of drug-likeness (QED) is 0.326. The summed E-state index contributed by atoms with van der Waals surface area (Å²) in [5.41, 5.74) is 5.34. The lowest BCUT2D eigenvalue weighted by Gasteiger charge is -2.21. The summed E-state index contributed by atoms with van der Waals surface area (Å²) in [6.07, 6.45) is 0.848. The number of aryl methyl sites for hydroxylation is 1. The van der Waals surface area contributed by atoms with Crippen LogP contribution < -0.4 is 14.5 Å². The van der Waals surface area contributed by atoms with Gasteiger partial charge in [-0.05, 0) is 42.1 Å². The van der Waals surface area contributed by atoms with Crippen LogP contribution in [0.2, 0.25) is 0 Å². The molecule has 0 saturated carbocycles. The molecule has 0 aliphatic carbocycles. The Morgan fingerprint density at radius 2 is 1.84 bits per heavy atom. The number of hydrazone groups is 1. The predicted octanol–water partition coefficient (Wildman–Crippen LogP) is 6.55. The molecule has 1 aliphatic rings. The lowest BCUT2D eigenvalue weighted by Crippen LogP contribution is -2.18. The molecule has 1 aliphatic heterocycles. The third-order valence-corrected chi connectivity index (χ3v) is 7.30. The second-order valence-corrected chi connectivity index (χ2v) is 9.36. The number of rotatable bonds is 6. The summed E-state index contributed by atoms with van der Waals surface area (Å²) in [4.78, 5) is 6.17. The molecule has 3 heterocycles. The van der Waals surface area contributed by atoms with E-state index < -0.39 is 0 Å². The first-order valence-corrected chi connectivity index (χ1v) is 12.1. The number of ether oxygens (including phenoxy) is 2. The number of hydrogen-bond acceptors (Lipinski definition) is 7. The first kappa shape index (κ1) is 20.7. The van der Waals surface area contributed by atoms with E-state index >= 15 is 0 Å². The first-order valence-electron chi connectivity index (χ1n) is 10.3. The Labute approximate surface area is 195 Å². The molecule has 0 N–H and O–H groups in total. The van der Waals surface area contributed by atoms with E-state index in [-0.39, 0.29) is 6.04 Å². The molecule has 7 heteroatoms. The SMILES string of the molecule is COc1ccc(OC)c(-c2csc(N3N=C(c4cccs4)C[C@@H]3c3ccc(C)cc3)n2)c1. The van der Waals surface area contributed by atoms with E-state index in [9.17, 15) is 0 Å². The zero-order valence-electron chi connectivity index (χ0n) is 18.1. The van der Waals surface area contributed by atoms with Crippen LogP contribution >= 0.6 is 22.7 Å². The maximum absolute atomic E-state index is 5.57. The van der Waals surface area contributed by atoms with Gasteiger partial charge in [-0.3, -0.25) is 0 Å². The fourth-order valence-electron chi connectivity index (χ4n) is 3.83. The van der Waals surface area contributed by atoms with E-state index in [1.54, 1.807) is 36.9 Å². The second-order valence-electron chi connectivity index (χ2n) is 7.58. The van der Waals surface area contributed by atoms with Crippen LogP contribution in [0.4, 0.5) is 5.13 Å². The Morgan fingerprint density at radius 3 is 2.56 bits per heavy atom. The molecule has 1 atom stereocenters. The van der Waals surface area contributed by atoms with Gasteiger partial charge in [0.15, 0.2) is 0 Å². The molecule has 4 aromatic rings. The van der Waals surface area contributed by atoms with E-state index in [0.717, 1.165) is 40.0 Å². The highest BCUT2D eigenvalue weighted by Crippen LogP contribution is 2.41. The highest BCUT2D eigenvalue weighted by atomic mass is 32.1. The van der Waals surface area contributed by atoms with E-state index in [1.807, 2.05) is 18.2 Å². The smallest absolute Gasteiger partial charge is 0.207 e. The topological polar surface area (TPSA) is 47.0 Å². The summed E-state index contributed by atoms with van der Waals surface area (Å²) in [5, 5.41) is 12.1. The van der Waals surface area contributed by atoms with Crippen LogP contribution in [0.1, 0.15) is 28.5 Å². The van der Waals surface area contributed by atoms with Crippen molar-refractivity contribution in [2.75, 3.05) is 19.2 Å². The van der Waals surface area contributed by atoms with Crippen molar-refractivity contribution in [3.05, 3.63) is 81.4 Å². The van der Waals surface area contributed by atoms with Gasteiger partial charge in [0.25, 0.3) is 0 Å². The van der Waals surface area contributed by atoms with Crippen LogP contribution in [0.15, 0.2) is 70.5 Å². The van der Waals surface area contributed by atoms with Crippen LogP contribution in [0, 0.1) is 6.92 Å². The van der Waals surface area contributed by atoms with Crippen molar-refractivity contribution in [1.82, 2.24) is 4.98 Å². The zero-order chi connectivity index (χ0) is 22.1. The molecule has 2 aromatic carbocycles. The third-order valence-electron chi connectivity index (χ3n) is 5.55. The lowest BCUT2D eigenvalue weighted by molar-refractivity contribution is 0.404. The first-order chi connectivity index (χ1) is 15.7. The molecule has 2 aromatic heterocycles. The molecule has 0 fully saturated rings. The molecule has 32 heavy (non-hydrogen) atoms. The van der Waals surface area contributed by atoms with Crippen molar-refractivity contribution < 1.29 is 9.47 Å². The van der Waals surface area contributed by atoms with Crippen LogP contribution in [-0.4, -0.2) is 24.9 Å². The van der Waals surface area contributed by atoms with Crippen LogP contribution in [0.3, 0.4) is 0 Å². The van der Waals surface area contributed by atoms with Crippen LogP contribution in [0.5, 0.6) is 11.5 Å². The zero-order valence-corrected chi connectivity index (χ0v) is 19.7. The average molecular weight is 462 g/mol. The van der Waals surface area contributed by atoms with Gasteiger partial charge in [-0.15, -0.1) is 22.7 Å². The van der Waals surface area contributed by atoms with Crippen molar-refractivity contribution in [2.45, 2.75) is 19.4 Å². The van der Waals surface area contributed by atoms with Crippen molar-refractivity contribution in [2.24, 2.45) is 5.10 Å². The number of aromatic nitrogens is 1.